The van der Waals surface area contributed by atoms with Crippen molar-refractivity contribution in [1.29, 1.82) is 5.26 Å². The van der Waals surface area contributed by atoms with E-state index in [0.29, 0.717) is 11.3 Å². The molecule has 0 N–H and O–H groups in total. The maximum atomic E-state index is 13.3. The fraction of sp³-hybridized carbons (Fsp3) is 0.130. The Morgan fingerprint density at radius 1 is 0.897 bits per heavy atom. The molecule has 144 valence electrons. The minimum absolute atomic E-state index is 0.0244. The third kappa shape index (κ3) is 3.78. The van der Waals surface area contributed by atoms with Crippen molar-refractivity contribution in [2.75, 3.05) is 0 Å². The van der Waals surface area contributed by atoms with Gasteiger partial charge in [-0.25, -0.2) is 8.42 Å². The minimum Gasteiger partial charge on any atom is -0.205 e. The SMILES string of the molecule is N#CCC1c2ccccc2C(c2ccccc2)=NN1S(=O)(=O)Cc1ccccc1. The summed E-state index contributed by atoms with van der Waals surface area (Å²) < 4.78 is 27.8. The lowest BCUT2D eigenvalue weighted by Crippen LogP contribution is -2.36. The molecule has 0 bridgehead atoms. The number of nitrogens with zero attached hydrogens (tertiary/aromatic N) is 3. The van der Waals surface area contributed by atoms with Gasteiger partial charge in [0.15, 0.2) is 0 Å². The van der Waals surface area contributed by atoms with Crippen LogP contribution in [0, 0.1) is 11.3 Å². The molecular formula is C23H19N3O2S. The number of hydrogen-bond acceptors (Lipinski definition) is 4. The molecule has 0 spiro atoms. The molecule has 0 saturated heterocycles. The summed E-state index contributed by atoms with van der Waals surface area (Å²) in [5.74, 6) is -0.177. The largest absolute Gasteiger partial charge is 0.254 e. The number of nitriles is 1. The molecule has 4 rings (SSSR count). The number of hydrogen-bond donors (Lipinski definition) is 0. The van der Waals surface area contributed by atoms with E-state index in [0.717, 1.165) is 21.1 Å². The molecule has 6 heteroatoms. The average molecular weight is 401 g/mol. The predicted octanol–water partition coefficient (Wildman–Crippen LogP) is 4.24. The molecule has 0 aromatic heterocycles. The molecule has 1 aliphatic rings. The van der Waals surface area contributed by atoms with Gasteiger partial charge in [0.25, 0.3) is 10.0 Å². The summed E-state index contributed by atoms with van der Waals surface area (Å²) >= 11 is 0. The lowest BCUT2D eigenvalue weighted by Gasteiger charge is -2.33. The van der Waals surface area contributed by atoms with Crippen LogP contribution < -0.4 is 0 Å². The van der Waals surface area contributed by atoms with E-state index in [1.807, 2.05) is 72.8 Å². The van der Waals surface area contributed by atoms with Gasteiger partial charge in [-0.2, -0.15) is 14.8 Å². The summed E-state index contributed by atoms with van der Waals surface area (Å²) in [5.41, 5.74) is 3.74. The van der Waals surface area contributed by atoms with Crippen LogP contribution in [0.2, 0.25) is 0 Å². The smallest absolute Gasteiger partial charge is 0.205 e. The zero-order chi connectivity index (χ0) is 20.3. The van der Waals surface area contributed by atoms with E-state index in [1.165, 1.54) is 0 Å². The number of fused-ring (bicyclic) bond motifs is 1. The van der Waals surface area contributed by atoms with E-state index < -0.39 is 16.1 Å². The standard InChI is InChI=1S/C23H19N3O2S/c24-16-15-22-20-13-7-8-14-21(20)23(19-11-5-2-6-12-19)25-26(22)29(27,28)17-18-9-3-1-4-10-18/h1-14,22H,15,17H2. The van der Waals surface area contributed by atoms with Gasteiger partial charge in [-0.15, -0.1) is 0 Å². The lowest BCUT2D eigenvalue weighted by molar-refractivity contribution is 0.335. The normalized spacial score (nSPS) is 15.9. The molecule has 1 heterocycles. The van der Waals surface area contributed by atoms with E-state index in [4.69, 9.17) is 0 Å². The first-order valence-corrected chi connectivity index (χ1v) is 10.9. The second kappa shape index (κ2) is 7.90. The lowest BCUT2D eigenvalue weighted by atomic mass is 9.91. The number of benzene rings is 3. The van der Waals surface area contributed by atoms with Crippen LogP contribution in [0.15, 0.2) is 90.0 Å². The Morgan fingerprint density at radius 2 is 1.52 bits per heavy atom. The maximum Gasteiger partial charge on any atom is 0.254 e. The van der Waals surface area contributed by atoms with Gasteiger partial charge in [0, 0.05) is 11.1 Å². The Kier molecular flexibility index (Phi) is 5.15. The van der Waals surface area contributed by atoms with E-state index in [2.05, 4.69) is 11.2 Å². The first-order chi connectivity index (χ1) is 14.1. The van der Waals surface area contributed by atoms with Crippen molar-refractivity contribution >= 4 is 15.7 Å². The van der Waals surface area contributed by atoms with Crippen LogP contribution in [0.3, 0.4) is 0 Å². The van der Waals surface area contributed by atoms with Crippen molar-refractivity contribution in [3.8, 4) is 6.07 Å². The van der Waals surface area contributed by atoms with Crippen LogP contribution in [0.5, 0.6) is 0 Å². The minimum atomic E-state index is -3.80. The molecule has 1 aliphatic heterocycles. The van der Waals surface area contributed by atoms with Crippen molar-refractivity contribution < 1.29 is 8.42 Å². The fourth-order valence-corrected chi connectivity index (χ4v) is 5.06. The summed E-state index contributed by atoms with van der Waals surface area (Å²) in [6, 6.07) is 27.5. The maximum absolute atomic E-state index is 13.3. The van der Waals surface area contributed by atoms with E-state index in [9.17, 15) is 13.7 Å². The molecule has 1 atom stereocenters. The summed E-state index contributed by atoms with van der Waals surface area (Å²) in [6.45, 7) is 0. The molecule has 29 heavy (non-hydrogen) atoms. The number of rotatable bonds is 5. The quantitative estimate of drug-likeness (QED) is 0.642. The Bertz CT molecular complexity index is 1180. The predicted molar refractivity (Wildman–Crippen MR) is 112 cm³/mol. The van der Waals surface area contributed by atoms with Gasteiger partial charge in [-0.05, 0) is 11.1 Å². The Balaban J connectivity index is 1.86. The van der Waals surface area contributed by atoms with Gasteiger partial charge in [-0.3, -0.25) is 0 Å². The molecule has 3 aromatic rings. The van der Waals surface area contributed by atoms with Gasteiger partial charge in [0.2, 0.25) is 0 Å². The van der Waals surface area contributed by atoms with Crippen LogP contribution in [-0.4, -0.2) is 18.5 Å². The summed E-state index contributed by atoms with van der Waals surface area (Å²) in [6.07, 6.45) is 0.0244. The van der Waals surface area contributed by atoms with Crippen molar-refractivity contribution in [2.45, 2.75) is 18.2 Å². The van der Waals surface area contributed by atoms with Crippen molar-refractivity contribution in [3.05, 3.63) is 107 Å². The molecule has 1 unspecified atom stereocenters. The fourth-order valence-electron chi connectivity index (χ4n) is 3.54. The Morgan fingerprint density at radius 3 is 2.21 bits per heavy atom. The number of hydrazone groups is 1. The molecular weight excluding hydrogens is 382 g/mol. The zero-order valence-electron chi connectivity index (χ0n) is 15.6. The molecule has 0 aliphatic carbocycles. The number of sulfonamides is 1. The topological polar surface area (TPSA) is 73.5 Å². The van der Waals surface area contributed by atoms with E-state index >= 15 is 0 Å². The van der Waals surface area contributed by atoms with Gasteiger partial charge in [0.05, 0.1) is 24.0 Å². The first kappa shape index (κ1) is 18.9. The molecule has 3 aromatic carbocycles. The molecule has 0 radical (unpaired) electrons. The van der Waals surface area contributed by atoms with Gasteiger partial charge < -0.3 is 0 Å². The Labute approximate surface area is 170 Å². The Hall–Kier alpha value is -3.43. The van der Waals surface area contributed by atoms with Gasteiger partial charge >= 0.3 is 0 Å². The summed E-state index contributed by atoms with van der Waals surface area (Å²) in [7, 11) is -3.80. The highest BCUT2D eigenvalue weighted by Gasteiger charge is 2.36. The van der Waals surface area contributed by atoms with E-state index in [-0.39, 0.29) is 12.2 Å². The van der Waals surface area contributed by atoms with Crippen molar-refractivity contribution in [1.82, 2.24) is 4.41 Å². The highest BCUT2D eigenvalue weighted by Crippen LogP contribution is 2.36. The van der Waals surface area contributed by atoms with Crippen LogP contribution >= 0.6 is 0 Å². The zero-order valence-corrected chi connectivity index (χ0v) is 16.5. The van der Waals surface area contributed by atoms with Crippen LogP contribution in [-0.2, 0) is 15.8 Å². The molecule has 5 nitrogen and oxygen atoms in total. The van der Waals surface area contributed by atoms with Crippen LogP contribution in [0.1, 0.15) is 34.7 Å². The highest BCUT2D eigenvalue weighted by molar-refractivity contribution is 7.88. The average Bonchev–Trinajstić information content (AvgIpc) is 2.75. The summed E-state index contributed by atoms with van der Waals surface area (Å²) in [5, 5.41) is 14.0. The van der Waals surface area contributed by atoms with Gasteiger partial charge in [-0.1, -0.05) is 84.9 Å². The monoisotopic (exact) mass is 401 g/mol. The van der Waals surface area contributed by atoms with E-state index in [1.54, 1.807) is 12.1 Å². The highest BCUT2D eigenvalue weighted by atomic mass is 32.2. The van der Waals surface area contributed by atoms with Crippen LogP contribution in [0.4, 0.5) is 0 Å². The van der Waals surface area contributed by atoms with Gasteiger partial charge in [0.1, 0.15) is 6.04 Å². The molecule has 0 fully saturated rings. The van der Waals surface area contributed by atoms with Crippen molar-refractivity contribution in [3.63, 3.8) is 0 Å². The molecule has 0 amide bonds. The second-order valence-electron chi connectivity index (χ2n) is 6.79. The third-order valence-corrected chi connectivity index (χ3v) is 6.45. The second-order valence-corrected chi connectivity index (χ2v) is 8.62. The van der Waals surface area contributed by atoms with Crippen LogP contribution in [0.25, 0.3) is 0 Å². The third-order valence-electron chi connectivity index (χ3n) is 4.85. The first-order valence-electron chi connectivity index (χ1n) is 9.26. The molecule has 0 saturated carbocycles. The van der Waals surface area contributed by atoms with Crippen molar-refractivity contribution in [2.24, 2.45) is 5.10 Å². The summed E-state index contributed by atoms with van der Waals surface area (Å²) in [4.78, 5) is 0.